The summed E-state index contributed by atoms with van der Waals surface area (Å²) in [6.45, 7) is 7.71. The van der Waals surface area contributed by atoms with E-state index in [0.717, 1.165) is 29.8 Å². The minimum Gasteiger partial charge on any atom is -0.391 e. The summed E-state index contributed by atoms with van der Waals surface area (Å²) in [5.74, 6) is 0. The van der Waals surface area contributed by atoms with E-state index >= 15 is 0 Å². The maximum absolute atomic E-state index is 11.5. The molecule has 3 atom stereocenters. The van der Waals surface area contributed by atoms with Crippen LogP contribution in [0, 0.1) is 11.5 Å². The Hall–Kier alpha value is -4.13. The molecule has 3 heterocycles. The van der Waals surface area contributed by atoms with Gasteiger partial charge in [-0.3, -0.25) is 14.9 Å². The van der Waals surface area contributed by atoms with E-state index in [1.165, 1.54) is 10.5 Å². The van der Waals surface area contributed by atoms with Crippen LogP contribution in [0.1, 0.15) is 50.1 Å². The molecule has 1 aliphatic rings. The van der Waals surface area contributed by atoms with Gasteiger partial charge in [0.2, 0.25) is 0 Å². The number of aldehydes is 2. The van der Waals surface area contributed by atoms with Crippen molar-refractivity contribution in [1.29, 1.82) is 5.26 Å². The van der Waals surface area contributed by atoms with Crippen molar-refractivity contribution in [2.45, 2.75) is 57.3 Å². The number of nitriles is 1. The van der Waals surface area contributed by atoms with Crippen LogP contribution in [0.3, 0.4) is 0 Å². The highest BCUT2D eigenvalue weighted by Gasteiger charge is 2.29. The summed E-state index contributed by atoms with van der Waals surface area (Å²) in [5.41, 5.74) is 4.41. The molecule has 3 unspecified atom stereocenters. The number of nitrogens with zero attached hydrogens (tertiary/aromatic N) is 5. The zero-order chi connectivity index (χ0) is 29.5. The van der Waals surface area contributed by atoms with Crippen LogP contribution >= 0.6 is 0 Å². The van der Waals surface area contributed by atoms with Crippen LogP contribution in [0.5, 0.6) is 0 Å². The molecule has 2 aromatic heterocycles. The number of carbonyl (C=O) groups excluding carboxylic acids is 2. The number of likely N-dealkylation sites (tertiary alicyclic amines) is 1. The fourth-order valence-electron chi connectivity index (χ4n) is 4.07. The summed E-state index contributed by atoms with van der Waals surface area (Å²) in [5, 5.41) is 20.4. The SMILES string of the molecule is CN(c1ccc(C(C)(C)C)cc1)C(C=O)c1cccnc1.CNCc1ccccn1.N#CN1CC(O)CC1C=O. The van der Waals surface area contributed by atoms with E-state index in [9.17, 15) is 9.59 Å². The van der Waals surface area contributed by atoms with Crippen LogP contribution in [-0.4, -0.2) is 65.3 Å². The molecule has 212 valence electrons. The van der Waals surface area contributed by atoms with E-state index in [1.807, 2.05) is 55.5 Å². The lowest BCUT2D eigenvalue weighted by Crippen LogP contribution is -2.25. The van der Waals surface area contributed by atoms with E-state index in [4.69, 9.17) is 10.4 Å². The predicted octanol–water partition coefficient (Wildman–Crippen LogP) is 3.66. The number of benzene rings is 1. The smallest absolute Gasteiger partial charge is 0.180 e. The number of carbonyl (C=O) groups is 2. The number of hydrogen-bond acceptors (Lipinski definition) is 9. The number of pyridine rings is 2. The summed E-state index contributed by atoms with van der Waals surface area (Å²) in [4.78, 5) is 33.1. The Morgan fingerprint density at radius 1 is 1.15 bits per heavy atom. The van der Waals surface area contributed by atoms with Crippen molar-refractivity contribution in [3.8, 4) is 6.19 Å². The zero-order valence-electron chi connectivity index (χ0n) is 23.9. The molecule has 40 heavy (non-hydrogen) atoms. The number of aliphatic hydroxyl groups excluding tert-OH is 1. The normalized spacial score (nSPS) is 16.8. The molecule has 9 nitrogen and oxygen atoms in total. The lowest BCUT2D eigenvalue weighted by molar-refractivity contribution is -0.111. The van der Waals surface area contributed by atoms with E-state index in [1.54, 1.807) is 18.6 Å². The Morgan fingerprint density at radius 3 is 2.35 bits per heavy atom. The van der Waals surface area contributed by atoms with Gasteiger partial charge in [-0.2, -0.15) is 5.26 Å². The molecule has 1 aromatic carbocycles. The second-order valence-electron chi connectivity index (χ2n) is 10.5. The zero-order valence-corrected chi connectivity index (χ0v) is 23.9. The minimum absolute atomic E-state index is 0.129. The minimum atomic E-state index is -0.519. The first-order chi connectivity index (χ1) is 19.1. The Labute approximate surface area is 237 Å². The van der Waals surface area contributed by atoms with Crippen molar-refractivity contribution in [3.63, 3.8) is 0 Å². The monoisotopic (exact) mass is 544 g/mol. The highest BCUT2D eigenvalue weighted by Crippen LogP contribution is 2.28. The fraction of sp³-hybridized carbons (Fsp3) is 0.387. The van der Waals surface area contributed by atoms with Gasteiger partial charge in [0.25, 0.3) is 0 Å². The lowest BCUT2D eigenvalue weighted by atomic mass is 9.87. The third kappa shape index (κ3) is 9.88. The van der Waals surface area contributed by atoms with Crippen LogP contribution in [0.25, 0.3) is 0 Å². The number of hydrogen-bond donors (Lipinski definition) is 2. The van der Waals surface area contributed by atoms with Gasteiger partial charge in [0, 0.05) is 44.3 Å². The Kier molecular flexibility index (Phi) is 12.9. The summed E-state index contributed by atoms with van der Waals surface area (Å²) in [6.07, 6.45) is 8.60. The third-order valence-corrected chi connectivity index (χ3v) is 6.40. The summed E-state index contributed by atoms with van der Waals surface area (Å²) < 4.78 is 0. The fourth-order valence-corrected chi connectivity index (χ4v) is 4.07. The molecule has 2 N–H and O–H groups in total. The molecule has 0 amide bonds. The molecule has 0 saturated carbocycles. The van der Waals surface area contributed by atoms with Gasteiger partial charge in [0.1, 0.15) is 18.6 Å². The van der Waals surface area contributed by atoms with Crippen molar-refractivity contribution < 1.29 is 14.7 Å². The van der Waals surface area contributed by atoms with Crippen molar-refractivity contribution in [3.05, 3.63) is 90.0 Å². The van der Waals surface area contributed by atoms with E-state index in [2.05, 4.69) is 60.3 Å². The first kappa shape index (κ1) is 32.1. The molecular formula is C31H40N6O3. The summed E-state index contributed by atoms with van der Waals surface area (Å²) in [6, 6.07) is 17.3. The van der Waals surface area contributed by atoms with E-state index < -0.39 is 12.1 Å². The second-order valence-corrected chi connectivity index (χ2v) is 10.5. The summed E-state index contributed by atoms with van der Waals surface area (Å²) in [7, 11) is 3.84. The molecular weight excluding hydrogens is 504 g/mol. The standard InChI is InChI=1S/C18H22N2O.C7H10N2.C6H8N2O2/c1-18(2,3)15-7-9-16(10-8-15)20(4)17(13-21)14-6-5-11-19-12-14;1-8-6-7-4-2-3-5-9-7;7-4-8-2-6(10)1-5(8)3-9/h5-13,17H,1-4H3;2-5,8H,6H2,1H3;3,5-6,10H,1-2H2. The van der Waals surface area contributed by atoms with Crippen LogP contribution in [-0.2, 0) is 21.5 Å². The molecule has 1 saturated heterocycles. The first-order valence-corrected chi connectivity index (χ1v) is 13.2. The van der Waals surface area contributed by atoms with Crippen LogP contribution in [0.15, 0.2) is 73.2 Å². The largest absolute Gasteiger partial charge is 0.391 e. The summed E-state index contributed by atoms with van der Waals surface area (Å²) >= 11 is 0. The average molecular weight is 545 g/mol. The Morgan fingerprint density at radius 2 is 1.88 bits per heavy atom. The molecule has 1 aliphatic heterocycles. The van der Waals surface area contributed by atoms with Crippen LogP contribution < -0.4 is 10.2 Å². The number of aliphatic hydroxyl groups is 1. The molecule has 1 fully saturated rings. The maximum atomic E-state index is 11.5. The number of aromatic nitrogens is 2. The van der Waals surface area contributed by atoms with Gasteiger partial charge >= 0.3 is 0 Å². The van der Waals surface area contributed by atoms with Crippen LogP contribution in [0.2, 0.25) is 0 Å². The number of rotatable bonds is 7. The number of likely N-dealkylation sites (N-methyl/N-ethyl adjacent to an activating group) is 1. The second kappa shape index (κ2) is 16.1. The lowest BCUT2D eigenvalue weighted by Gasteiger charge is -2.27. The molecule has 0 bridgehead atoms. The quantitative estimate of drug-likeness (QED) is 0.339. The average Bonchev–Trinajstić information content (AvgIpc) is 3.35. The number of β-amino-alcohol motifs (C(OH)–C–C–N with tert-alkyl or cyclic N) is 1. The number of anilines is 1. The third-order valence-electron chi connectivity index (χ3n) is 6.40. The molecule has 9 heteroatoms. The molecule has 0 radical (unpaired) electrons. The van der Waals surface area contributed by atoms with Gasteiger partial charge in [-0.05, 0) is 53.9 Å². The molecule has 4 rings (SSSR count). The molecule has 0 aliphatic carbocycles. The van der Waals surface area contributed by atoms with Crippen molar-refractivity contribution in [1.82, 2.24) is 20.2 Å². The van der Waals surface area contributed by atoms with Gasteiger partial charge in [-0.1, -0.05) is 45.0 Å². The van der Waals surface area contributed by atoms with Gasteiger partial charge in [0.15, 0.2) is 6.19 Å². The van der Waals surface area contributed by atoms with Crippen LogP contribution in [0.4, 0.5) is 5.69 Å². The van der Waals surface area contributed by atoms with Crippen molar-refractivity contribution >= 4 is 18.3 Å². The van der Waals surface area contributed by atoms with Gasteiger partial charge < -0.3 is 24.9 Å². The Bertz CT molecular complexity index is 1190. The highest BCUT2D eigenvalue weighted by atomic mass is 16.3. The van der Waals surface area contributed by atoms with Gasteiger partial charge in [0.05, 0.1) is 24.4 Å². The van der Waals surface area contributed by atoms with Crippen molar-refractivity contribution in [2.75, 3.05) is 25.5 Å². The molecule has 0 spiro atoms. The Balaban J connectivity index is 0.000000243. The van der Waals surface area contributed by atoms with E-state index in [0.29, 0.717) is 19.3 Å². The van der Waals surface area contributed by atoms with Gasteiger partial charge in [-0.25, -0.2) is 0 Å². The van der Waals surface area contributed by atoms with Crippen molar-refractivity contribution in [2.24, 2.45) is 0 Å². The topological polar surface area (TPSA) is 122 Å². The maximum Gasteiger partial charge on any atom is 0.180 e. The molecule has 3 aromatic rings. The first-order valence-electron chi connectivity index (χ1n) is 13.2. The predicted molar refractivity (Wildman–Crippen MR) is 156 cm³/mol. The highest BCUT2D eigenvalue weighted by molar-refractivity contribution is 5.68. The number of nitrogens with one attached hydrogen (secondary N) is 1. The van der Waals surface area contributed by atoms with E-state index in [-0.39, 0.29) is 11.5 Å². The van der Waals surface area contributed by atoms with Gasteiger partial charge in [-0.15, -0.1) is 0 Å².